The Morgan fingerprint density at radius 3 is 2.65 bits per heavy atom. The molecule has 1 aromatic carbocycles. The summed E-state index contributed by atoms with van der Waals surface area (Å²) in [5.74, 6) is 0.302. The molecule has 1 fully saturated rings. The molecule has 2 aliphatic rings. The first-order valence-electron chi connectivity index (χ1n) is 10.3. The summed E-state index contributed by atoms with van der Waals surface area (Å²) >= 11 is 5.94. The van der Waals surface area contributed by atoms with Crippen molar-refractivity contribution < 1.29 is 4.79 Å². The van der Waals surface area contributed by atoms with Crippen molar-refractivity contribution in [2.75, 3.05) is 13.1 Å². The molecule has 4 heterocycles. The number of fused-ring (bicyclic) bond motifs is 4. The molecule has 1 amide bonds. The lowest BCUT2D eigenvalue weighted by molar-refractivity contribution is 0.0588. The van der Waals surface area contributed by atoms with Crippen molar-refractivity contribution in [3.05, 3.63) is 92.9 Å². The molecule has 0 saturated carbocycles. The number of carbonyl (C=O) groups is 1. The van der Waals surface area contributed by atoms with Gasteiger partial charge in [0, 0.05) is 54.2 Å². The first kappa shape index (κ1) is 19.7. The van der Waals surface area contributed by atoms with Crippen molar-refractivity contribution >= 4 is 29.7 Å². The lowest BCUT2D eigenvalue weighted by atomic mass is 9.83. The molecule has 5 rings (SSSR count). The van der Waals surface area contributed by atoms with Gasteiger partial charge in [-0.3, -0.25) is 14.6 Å². The van der Waals surface area contributed by atoms with Gasteiger partial charge in [0.05, 0.1) is 6.20 Å². The topological polar surface area (TPSA) is 68.1 Å². The summed E-state index contributed by atoms with van der Waals surface area (Å²) in [7, 11) is 0. The summed E-state index contributed by atoms with van der Waals surface area (Å²) in [5.41, 5.74) is 3.03. The number of likely N-dealkylation sites (tertiary alicyclic amines) is 1. The molecular weight excluding hydrogens is 412 g/mol. The van der Waals surface area contributed by atoms with Crippen LogP contribution in [0.4, 0.5) is 0 Å². The van der Waals surface area contributed by atoms with E-state index < -0.39 is 0 Å². The minimum atomic E-state index is -0.0962. The van der Waals surface area contributed by atoms with Crippen LogP contribution in [-0.2, 0) is 6.54 Å². The van der Waals surface area contributed by atoms with Gasteiger partial charge in [0.15, 0.2) is 0 Å². The van der Waals surface area contributed by atoms with E-state index in [1.807, 2.05) is 58.0 Å². The van der Waals surface area contributed by atoms with E-state index in [9.17, 15) is 9.59 Å². The third-order valence-corrected chi connectivity index (χ3v) is 6.28. The van der Waals surface area contributed by atoms with Crippen LogP contribution in [0.15, 0.2) is 59.8 Å². The fourth-order valence-electron chi connectivity index (χ4n) is 4.59. The highest BCUT2D eigenvalue weighted by molar-refractivity contribution is 6.30. The van der Waals surface area contributed by atoms with Crippen molar-refractivity contribution in [2.24, 2.45) is 5.92 Å². The summed E-state index contributed by atoms with van der Waals surface area (Å²) < 4.78 is 1.89. The molecule has 0 unspecified atom stereocenters. The molecule has 0 spiro atoms. The zero-order valence-electron chi connectivity index (χ0n) is 16.8. The maximum atomic E-state index is 13.1. The van der Waals surface area contributed by atoms with Crippen LogP contribution < -0.4 is 5.56 Å². The maximum absolute atomic E-state index is 13.1. The third-order valence-electron chi connectivity index (χ3n) is 6.03. The van der Waals surface area contributed by atoms with Gasteiger partial charge in [0.1, 0.15) is 5.69 Å². The molecule has 2 atom stereocenters. The van der Waals surface area contributed by atoms with Gasteiger partial charge < -0.3 is 9.47 Å². The molecule has 2 aliphatic heterocycles. The van der Waals surface area contributed by atoms with Gasteiger partial charge in [-0.1, -0.05) is 29.8 Å². The Morgan fingerprint density at radius 1 is 1.03 bits per heavy atom. The average Bonchev–Trinajstić information content (AvgIpc) is 2.80. The molecule has 0 N–H and O–H groups in total. The van der Waals surface area contributed by atoms with E-state index in [2.05, 4.69) is 9.97 Å². The molecule has 1 saturated heterocycles. The fraction of sp³-hybridized carbons (Fsp3) is 0.250. The first-order valence-corrected chi connectivity index (χ1v) is 10.7. The second-order valence-corrected chi connectivity index (χ2v) is 8.55. The number of piperidine rings is 1. The predicted molar refractivity (Wildman–Crippen MR) is 120 cm³/mol. The summed E-state index contributed by atoms with van der Waals surface area (Å²) in [5, 5.41) is 0.685. The van der Waals surface area contributed by atoms with Crippen molar-refractivity contribution in [1.29, 1.82) is 0 Å². The lowest BCUT2D eigenvalue weighted by Crippen LogP contribution is -2.49. The normalized spacial score (nSPS) is 20.0. The quantitative estimate of drug-likeness (QED) is 0.632. The number of benzene rings is 1. The molecule has 31 heavy (non-hydrogen) atoms. The van der Waals surface area contributed by atoms with E-state index in [0.717, 1.165) is 17.7 Å². The molecule has 2 aromatic heterocycles. The van der Waals surface area contributed by atoms with Crippen LogP contribution in [0.5, 0.6) is 0 Å². The van der Waals surface area contributed by atoms with Crippen LogP contribution in [0, 0.1) is 5.92 Å². The Balaban J connectivity index is 1.39. The maximum Gasteiger partial charge on any atom is 0.274 e. The van der Waals surface area contributed by atoms with Crippen LogP contribution in [0.25, 0.3) is 12.2 Å². The highest BCUT2D eigenvalue weighted by Gasteiger charge is 2.37. The van der Waals surface area contributed by atoms with Gasteiger partial charge in [-0.2, -0.15) is 0 Å². The summed E-state index contributed by atoms with van der Waals surface area (Å²) in [6.07, 6.45) is 9.36. The zero-order valence-corrected chi connectivity index (χ0v) is 17.6. The van der Waals surface area contributed by atoms with Crippen molar-refractivity contribution in [3.63, 3.8) is 0 Å². The number of rotatable bonds is 3. The summed E-state index contributed by atoms with van der Waals surface area (Å²) in [4.78, 5) is 36.0. The lowest BCUT2D eigenvalue weighted by Gasteiger charge is -2.42. The number of hydrogen-bond donors (Lipinski definition) is 0. The average molecular weight is 433 g/mol. The number of halogens is 1. The Kier molecular flexibility index (Phi) is 5.16. The molecule has 0 aliphatic carbocycles. The monoisotopic (exact) mass is 432 g/mol. The van der Waals surface area contributed by atoms with Crippen LogP contribution in [-0.4, -0.2) is 38.4 Å². The Labute approximate surface area is 184 Å². The van der Waals surface area contributed by atoms with Gasteiger partial charge in [0.25, 0.3) is 11.5 Å². The molecule has 3 aromatic rings. The molecular formula is C24H21ClN4O2. The number of pyridine rings is 1. The summed E-state index contributed by atoms with van der Waals surface area (Å²) in [6, 6.07) is 11.4. The van der Waals surface area contributed by atoms with Crippen LogP contribution >= 0.6 is 11.6 Å². The van der Waals surface area contributed by atoms with Gasteiger partial charge >= 0.3 is 0 Å². The highest BCUT2D eigenvalue weighted by atomic mass is 35.5. The largest absolute Gasteiger partial charge is 0.336 e. The minimum absolute atomic E-state index is 0.0196. The van der Waals surface area contributed by atoms with Crippen molar-refractivity contribution in [3.8, 4) is 0 Å². The van der Waals surface area contributed by atoms with Crippen LogP contribution in [0.1, 0.15) is 39.6 Å². The van der Waals surface area contributed by atoms with Crippen LogP contribution in [0.3, 0.4) is 0 Å². The molecule has 6 nitrogen and oxygen atoms in total. The van der Waals surface area contributed by atoms with Gasteiger partial charge in [-0.25, -0.2) is 4.98 Å². The Morgan fingerprint density at radius 2 is 1.87 bits per heavy atom. The number of nitrogens with zero attached hydrogens (tertiary/aromatic N) is 4. The van der Waals surface area contributed by atoms with E-state index in [1.165, 1.54) is 12.4 Å². The molecule has 156 valence electrons. The minimum Gasteiger partial charge on any atom is -0.336 e. The van der Waals surface area contributed by atoms with Gasteiger partial charge in [0.2, 0.25) is 0 Å². The van der Waals surface area contributed by atoms with Crippen molar-refractivity contribution in [1.82, 2.24) is 19.4 Å². The number of carbonyl (C=O) groups excluding carboxylic acids is 1. The third kappa shape index (κ3) is 3.91. The SMILES string of the molecule is O=C(c1cnccn1)N1C[C@H]2C[C@H](C1)c1ccc(C=Cc3ccc(Cl)cc3)c(=O)n1C2. The van der Waals surface area contributed by atoms with Crippen LogP contribution in [0.2, 0.25) is 5.02 Å². The number of amides is 1. The predicted octanol–water partition coefficient (Wildman–Crippen LogP) is 3.72. The van der Waals surface area contributed by atoms with E-state index in [1.54, 1.807) is 6.20 Å². The molecule has 2 bridgehead atoms. The second-order valence-electron chi connectivity index (χ2n) is 8.11. The van der Waals surface area contributed by atoms with E-state index >= 15 is 0 Å². The van der Waals surface area contributed by atoms with E-state index in [0.29, 0.717) is 35.9 Å². The number of hydrogen-bond acceptors (Lipinski definition) is 4. The highest BCUT2D eigenvalue weighted by Crippen LogP contribution is 2.35. The number of aromatic nitrogens is 3. The fourth-order valence-corrected chi connectivity index (χ4v) is 4.71. The Hall–Kier alpha value is -3.25. The van der Waals surface area contributed by atoms with Gasteiger partial charge in [-0.15, -0.1) is 0 Å². The molecule has 0 radical (unpaired) electrons. The smallest absolute Gasteiger partial charge is 0.274 e. The second kappa shape index (κ2) is 8.12. The van der Waals surface area contributed by atoms with E-state index in [-0.39, 0.29) is 23.3 Å². The summed E-state index contributed by atoms with van der Waals surface area (Å²) in [6.45, 7) is 1.84. The van der Waals surface area contributed by atoms with Crippen molar-refractivity contribution in [2.45, 2.75) is 18.9 Å². The standard InChI is InChI=1S/C24H21ClN4O2/c25-20-6-2-16(3-7-20)1-4-18-5-8-22-19-11-17(14-29(22)23(18)30)13-28(15-19)24(31)21-12-26-9-10-27-21/h1-10,12,17,19H,11,13-15H2/t17-,19-/m1/s1. The molecule has 7 heteroatoms. The first-order chi connectivity index (χ1) is 15.1. The van der Waals surface area contributed by atoms with E-state index in [4.69, 9.17) is 11.6 Å². The zero-order chi connectivity index (χ0) is 21.4. The Bertz CT molecular complexity index is 1200. The van der Waals surface area contributed by atoms with Gasteiger partial charge in [-0.05, 0) is 48.2 Å².